The molecule has 0 bridgehead atoms. The molecule has 2 fully saturated rings. The summed E-state index contributed by atoms with van der Waals surface area (Å²) in [4.78, 5) is 26.0. The fourth-order valence-electron chi connectivity index (χ4n) is 4.17. The van der Waals surface area contributed by atoms with E-state index in [9.17, 15) is 9.59 Å². The maximum Gasteiger partial charge on any atom is 0.248 e. The number of nitrogens with one attached hydrogen (secondary N) is 1. The summed E-state index contributed by atoms with van der Waals surface area (Å²) in [7, 11) is 1.78. The number of carbonyl (C=O) groups excluding carboxylic acids is 2. The molecule has 1 aromatic rings. The first-order valence-electron chi connectivity index (χ1n) is 9.52. The van der Waals surface area contributed by atoms with E-state index < -0.39 is 5.91 Å². The largest absolute Gasteiger partial charge is 0.380 e. The summed E-state index contributed by atoms with van der Waals surface area (Å²) in [6, 6.07) is 7.83. The summed E-state index contributed by atoms with van der Waals surface area (Å²) in [5.74, 6) is -0.331. The van der Waals surface area contributed by atoms with Crippen molar-refractivity contribution in [3.05, 3.63) is 35.4 Å². The van der Waals surface area contributed by atoms with E-state index in [1.54, 1.807) is 19.2 Å². The zero-order chi connectivity index (χ0) is 18.5. The van der Waals surface area contributed by atoms with Crippen LogP contribution in [0.25, 0.3) is 0 Å². The Hall–Kier alpha value is -1.92. The van der Waals surface area contributed by atoms with Gasteiger partial charge in [-0.2, -0.15) is 0 Å². The van der Waals surface area contributed by atoms with Gasteiger partial charge >= 0.3 is 0 Å². The summed E-state index contributed by atoms with van der Waals surface area (Å²) < 4.78 is 5.47. The number of hydrogen-bond acceptors (Lipinski definition) is 4. The van der Waals surface area contributed by atoms with Crippen LogP contribution in [0.1, 0.15) is 48.0 Å². The van der Waals surface area contributed by atoms with Gasteiger partial charge in [-0.1, -0.05) is 12.1 Å². The summed E-state index contributed by atoms with van der Waals surface area (Å²) in [5.41, 5.74) is 6.77. The van der Waals surface area contributed by atoms with E-state index in [1.165, 1.54) is 6.42 Å². The quantitative estimate of drug-likeness (QED) is 0.772. The molecule has 0 radical (unpaired) electrons. The lowest BCUT2D eigenvalue weighted by Gasteiger charge is -2.30. The molecule has 1 saturated carbocycles. The molecule has 3 rings (SSSR count). The van der Waals surface area contributed by atoms with Crippen molar-refractivity contribution in [2.24, 2.45) is 5.73 Å². The molecule has 26 heavy (non-hydrogen) atoms. The molecule has 1 aliphatic heterocycles. The van der Waals surface area contributed by atoms with Crippen molar-refractivity contribution in [3.8, 4) is 0 Å². The molecular formula is C20H29N3O3. The van der Waals surface area contributed by atoms with E-state index in [0.29, 0.717) is 30.6 Å². The molecule has 3 atom stereocenters. The lowest BCUT2D eigenvalue weighted by molar-refractivity contribution is -0.122. The van der Waals surface area contributed by atoms with Crippen LogP contribution in [0.2, 0.25) is 0 Å². The van der Waals surface area contributed by atoms with Crippen LogP contribution in [0, 0.1) is 0 Å². The van der Waals surface area contributed by atoms with Crippen LogP contribution in [0.5, 0.6) is 0 Å². The molecule has 1 unspecified atom stereocenters. The van der Waals surface area contributed by atoms with Crippen LogP contribution < -0.4 is 11.1 Å². The Morgan fingerprint density at radius 3 is 2.65 bits per heavy atom. The second kappa shape index (κ2) is 8.64. The van der Waals surface area contributed by atoms with Crippen molar-refractivity contribution in [1.29, 1.82) is 0 Å². The molecule has 6 heteroatoms. The first-order valence-corrected chi connectivity index (χ1v) is 9.52. The normalized spacial score (nSPS) is 26.1. The third-order valence-corrected chi connectivity index (χ3v) is 5.68. The minimum Gasteiger partial charge on any atom is -0.380 e. The Morgan fingerprint density at radius 1 is 1.23 bits per heavy atom. The number of nitrogens with zero attached hydrogens (tertiary/aromatic N) is 1. The van der Waals surface area contributed by atoms with Crippen molar-refractivity contribution in [3.63, 3.8) is 0 Å². The van der Waals surface area contributed by atoms with Crippen LogP contribution in [0.15, 0.2) is 24.3 Å². The Labute approximate surface area is 155 Å². The van der Waals surface area contributed by atoms with Crippen molar-refractivity contribution in [2.75, 3.05) is 20.2 Å². The number of ether oxygens (including phenoxy) is 1. The Bertz CT molecular complexity index is 632. The molecule has 2 amide bonds. The molecule has 1 heterocycles. The van der Waals surface area contributed by atoms with Gasteiger partial charge in [-0.3, -0.25) is 14.5 Å². The molecule has 0 aromatic heterocycles. The zero-order valence-electron chi connectivity index (χ0n) is 15.4. The molecule has 142 valence electrons. The third kappa shape index (κ3) is 4.62. The lowest BCUT2D eigenvalue weighted by Crippen LogP contribution is -2.48. The van der Waals surface area contributed by atoms with Crippen molar-refractivity contribution < 1.29 is 14.3 Å². The smallest absolute Gasteiger partial charge is 0.248 e. The fourth-order valence-corrected chi connectivity index (χ4v) is 4.17. The minimum absolute atomic E-state index is 0.100. The van der Waals surface area contributed by atoms with Gasteiger partial charge in [0.15, 0.2) is 0 Å². The highest BCUT2D eigenvalue weighted by molar-refractivity contribution is 5.92. The number of methoxy groups -OCH3 is 1. The van der Waals surface area contributed by atoms with Gasteiger partial charge in [0.2, 0.25) is 11.8 Å². The summed E-state index contributed by atoms with van der Waals surface area (Å²) in [6.45, 7) is 2.03. The highest BCUT2D eigenvalue weighted by atomic mass is 16.5. The van der Waals surface area contributed by atoms with Gasteiger partial charge in [0.05, 0.1) is 6.10 Å². The predicted molar refractivity (Wildman–Crippen MR) is 99.8 cm³/mol. The number of carbonyl (C=O) groups is 2. The maximum atomic E-state index is 12.4. The SMILES string of the molecule is COC1CCN([C@H]2CCC[C@H]2NC(=O)CCc2ccc(C(N)=O)cc2)C1. The van der Waals surface area contributed by atoms with Crippen LogP contribution in [0.3, 0.4) is 0 Å². The number of hydrogen-bond donors (Lipinski definition) is 2. The maximum absolute atomic E-state index is 12.4. The number of amides is 2. The topological polar surface area (TPSA) is 84.7 Å². The molecule has 1 aliphatic carbocycles. The van der Waals surface area contributed by atoms with E-state index in [1.807, 2.05) is 12.1 Å². The number of rotatable bonds is 7. The average molecular weight is 359 g/mol. The number of primary amides is 1. The molecule has 2 aliphatic rings. The van der Waals surface area contributed by atoms with Gasteiger partial charge < -0.3 is 15.8 Å². The molecule has 1 aromatic carbocycles. The van der Waals surface area contributed by atoms with Gasteiger partial charge in [-0.05, 0) is 49.8 Å². The fraction of sp³-hybridized carbons (Fsp3) is 0.600. The lowest BCUT2D eigenvalue weighted by atomic mass is 10.1. The van der Waals surface area contributed by atoms with E-state index in [0.717, 1.165) is 37.9 Å². The molecular weight excluding hydrogens is 330 g/mol. The Kier molecular flexibility index (Phi) is 6.27. The van der Waals surface area contributed by atoms with Crippen molar-refractivity contribution >= 4 is 11.8 Å². The number of likely N-dealkylation sites (tertiary alicyclic amines) is 1. The van der Waals surface area contributed by atoms with Crippen LogP contribution in [-0.4, -0.2) is 55.1 Å². The summed E-state index contributed by atoms with van der Waals surface area (Å²) in [6.07, 6.45) is 5.90. The molecule has 3 N–H and O–H groups in total. The van der Waals surface area contributed by atoms with Crippen LogP contribution in [0.4, 0.5) is 0 Å². The van der Waals surface area contributed by atoms with Gasteiger partial charge in [-0.25, -0.2) is 0 Å². The second-order valence-corrected chi connectivity index (χ2v) is 7.37. The van der Waals surface area contributed by atoms with E-state index in [-0.39, 0.29) is 11.9 Å². The summed E-state index contributed by atoms with van der Waals surface area (Å²) in [5, 5.41) is 3.24. The standard InChI is InChI=1S/C20H29N3O3/c1-26-16-11-12-23(13-16)18-4-2-3-17(18)22-19(24)10-7-14-5-8-15(9-6-14)20(21)25/h5-6,8-9,16-18H,2-4,7,10-13H2,1H3,(H2,21,25)(H,22,24)/t16?,17-,18+/m1/s1. The first-order chi connectivity index (χ1) is 12.6. The molecule has 0 spiro atoms. The predicted octanol–water partition coefficient (Wildman–Crippen LogP) is 1.48. The van der Waals surface area contributed by atoms with E-state index in [4.69, 9.17) is 10.5 Å². The zero-order valence-corrected chi connectivity index (χ0v) is 15.4. The Balaban J connectivity index is 1.47. The average Bonchev–Trinajstić information content (AvgIpc) is 3.29. The highest BCUT2D eigenvalue weighted by Crippen LogP contribution is 2.28. The van der Waals surface area contributed by atoms with Gasteiger partial charge in [0.25, 0.3) is 0 Å². The van der Waals surface area contributed by atoms with E-state index >= 15 is 0 Å². The Morgan fingerprint density at radius 2 is 2.00 bits per heavy atom. The summed E-state index contributed by atoms with van der Waals surface area (Å²) >= 11 is 0. The number of nitrogens with two attached hydrogens (primary N) is 1. The number of aryl methyl sites for hydroxylation is 1. The minimum atomic E-state index is -0.431. The van der Waals surface area contributed by atoms with Gasteiger partial charge in [-0.15, -0.1) is 0 Å². The highest BCUT2D eigenvalue weighted by Gasteiger charge is 2.36. The van der Waals surface area contributed by atoms with Crippen molar-refractivity contribution in [1.82, 2.24) is 10.2 Å². The van der Waals surface area contributed by atoms with Crippen LogP contribution in [-0.2, 0) is 16.0 Å². The number of benzene rings is 1. The van der Waals surface area contributed by atoms with Crippen LogP contribution >= 0.6 is 0 Å². The van der Waals surface area contributed by atoms with Crippen molar-refractivity contribution in [2.45, 2.75) is 56.7 Å². The van der Waals surface area contributed by atoms with Gasteiger partial charge in [0.1, 0.15) is 0 Å². The third-order valence-electron chi connectivity index (χ3n) is 5.68. The molecule has 1 saturated heterocycles. The van der Waals surface area contributed by atoms with E-state index in [2.05, 4.69) is 10.2 Å². The second-order valence-electron chi connectivity index (χ2n) is 7.37. The van der Waals surface area contributed by atoms with Gasteiger partial charge in [0, 0.05) is 44.3 Å². The molecule has 6 nitrogen and oxygen atoms in total. The monoisotopic (exact) mass is 359 g/mol. The first kappa shape index (κ1) is 18.9.